The van der Waals surface area contributed by atoms with Gasteiger partial charge in [0.2, 0.25) is 5.91 Å². The molecule has 94 valence electrons. The minimum Gasteiger partial charge on any atom is -0.490 e. The zero-order chi connectivity index (χ0) is 12.8. The Hall–Kier alpha value is -1.33. The quantitative estimate of drug-likeness (QED) is 0.597. The van der Waals surface area contributed by atoms with E-state index < -0.39 is 0 Å². The van der Waals surface area contributed by atoms with Crippen LogP contribution in [-0.2, 0) is 9.63 Å². The van der Waals surface area contributed by atoms with Crippen molar-refractivity contribution in [3.05, 3.63) is 23.0 Å². The normalized spacial score (nSPS) is 10.1. The summed E-state index contributed by atoms with van der Waals surface area (Å²) in [7, 11) is 2.98. The molecule has 1 rings (SSSR count). The Balaban J connectivity index is 2.49. The van der Waals surface area contributed by atoms with Crippen LogP contribution in [0.15, 0.2) is 12.3 Å². The van der Waals surface area contributed by atoms with E-state index in [-0.39, 0.29) is 18.9 Å². The SMILES string of the molecule is CON(C)C(=O)CCOc1c(C)ccnc1Cl. The van der Waals surface area contributed by atoms with Crippen molar-refractivity contribution in [3.63, 3.8) is 0 Å². The lowest BCUT2D eigenvalue weighted by Crippen LogP contribution is -2.26. The Morgan fingerprint density at radius 3 is 2.88 bits per heavy atom. The molecule has 1 amide bonds. The van der Waals surface area contributed by atoms with E-state index in [2.05, 4.69) is 4.98 Å². The lowest BCUT2D eigenvalue weighted by Gasteiger charge is -2.14. The number of nitrogens with zero attached hydrogens (tertiary/aromatic N) is 2. The van der Waals surface area contributed by atoms with Crippen molar-refractivity contribution in [1.29, 1.82) is 0 Å². The fourth-order valence-electron chi connectivity index (χ4n) is 1.18. The Bertz CT molecular complexity index is 378. The van der Waals surface area contributed by atoms with Gasteiger partial charge in [0.25, 0.3) is 0 Å². The molecule has 6 heteroatoms. The van der Waals surface area contributed by atoms with Crippen LogP contribution in [0.5, 0.6) is 5.75 Å². The predicted octanol–water partition coefficient (Wildman–Crippen LogP) is 1.83. The second-order valence-corrected chi connectivity index (χ2v) is 3.78. The van der Waals surface area contributed by atoms with E-state index in [0.717, 1.165) is 10.6 Å². The summed E-state index contributed by atoms with van der Waals surface area (Å²) in [5, 5.41) is 1.46. The molecule has 0 fully saturated rings. The molecule has 0 bridgehead atoms. The maximum atomic E-state index is 11.4. The molecule has 0 saturated heterocycles. The molecule has 5 nitrogen and oxygen atoms in total. The largest absolute Gasteiger partial charge is 0.490 e. The molecule has 1 aromatic heterocycles. The van der Waals surface area contributed by atoms with Gasteiger partial charge in [0.1, 0.15) is 0 Å². The highest BCUT2D eigenvalue weighted by Crippen LogP contribution is 2.25. The molecule has 0 aromatic carbocycles. The number of rotatable bonds is 5. The number of hydroxylamine groups is 2. The number of aromatic nitrogens is 1. The molecular formula is C11H15ClN2O3. The Morgan fingerprint density at radius 1 is 1.59 bits per heavy atom. The molecule has 0 unspecified atom stereocenters. The zero-order valence-electron chi connectivity index (χ0n) is 10.1. The molecule has 1 aromatic rings. The fourth-order valence-corrected chi connectivity index (χ4v) is 1.44. The van der Waals surface area contributed by atoms with Gasteiger partial charge in [0.15, 0.2) is 10.9 Å². The second kappa shape index (κ2) is 6.42. The molecule has 1 heterocycles. The minimum atomic E-state index is -0.162. The summed E-state index contributed by atoms with van der Waals surface area (Å²) in [6, 6.07) is 1.80. The first-order valence-electron chi connectivity index (χ1n) is 5.10. The van der Waals surface area contributed by atoms with Crippen LogP contribution in [0.3, 0.4) is 0 Å². The minimum absolute atomic E-state index is 0.162. The summed E-state index contributed by atoms with van der Waals surface area (Å²) in [5.41, 5.74) is 0.887. The lowest BCUT2D eigenvalue weighted by atomic mass is 10.3. The number of hydrogen-bond acceptors (Lipinski definition) is 4. The van der Waals surface area contributed by atoms with Gasteiger partial charge in [-0.3, -0.25) is 9.63 Å². The standard InChI is InChI=1S/C11H15ClN2O3/c1-8-4-6-13-11(12)10(8)17-7-5-9(15)14(2)16-3/h4,6H,5,7H2,1-3H3. The van der Waals surface area contributed by atoms with E-state index in [9.17, 15) is 4.79 Å². The maximum absolute atomic E-state index is 11.4. The molecule has 0 aliphatic carbocycles. The fraction of sp³-hybridized carbons (Fsp3) is 0.455. The molecule has 0 aliphatic heterocycles. The number of hydrogen-bond donors (Lipinski definition) is 0. The maximum Gasteiger partial charge on any atom is 0.249 e. The van der Waals surface area contributed by atoms with Crippen LogP contribution in [0.25, 0.3) is 0 Å². The number of carbonyl (C=O) groups is 1. The predicted molar refractivity (Wildman–Crippen MR) is 63.9 cm³/mol. The van der Waals surface area contributed by atoms with E-state index in [4.69, 9.17) is 21.2 Å². The highest BCUT2D eigenvalue weighted by atomic mass is 35.5. The average Bonchev–Trinajstić information content (AvgIpc) is 2.31. The zero-order valence-corrected chi connectivity index (χ0v) is 10.8. The van der Waals surface area contributed by atoms with Gasteiger partial charge in [-0.2, -0.15) is 0 Å². The number of aryl methyl sites for hydroxylation is 1. The third-order valence-electron chi connectivity index (χ3n) is 2.25. The summed E-state index contributed by atoms with van der Waals surface area (Å²) in [6.07, 6.45) is 1.82. The van der Waals surface area contributed by atoms with Gasteiger partial charge in [0.05, 0.1) is 20.1 Å². The van der Waals surface area contributed by atoms with Crippen LogP contribution in [0, 0.1) is 6.92 Å². The van der Waals surface area contributed by atoms with Gasteiger partial charge in [-0.1, -0.05) is 11.6 Å². The number of carbonyl (C=O) groups excluding carboxylic acids is 1. The first-order chi connectivity index (χ1) is 8.06. The molecule has 0 spiro atoms. The number of amides is 1. The van der Waals surface area contributed by atoms with Crippen molar-refractivity contribution in [1.82, 2.24) is 10.0 Å². The summed E-state index contributed by atoms with van der Waals surface area (Å²) in [5.74, 6) is 0.354. The summed E-state index contributed by atoms with van der Waals surface area (Å²) in [4.78, 5) is 20.1. The Kier molecular flexibility index (Phi) is 5.18. The van der Waals surface area contributed by atoms with Crippen LogP contribution in [0.2, 0.25) is 5.15 Å². The van der Waals surface area contributed by atoms with E-state index in [1.807, 2.05) is 6.92 Å². The Labute approximate surface area is 105 Å². The van der Waals surface area contributed by atoms with Crippen LogP contribution >= 0.6 is 11.6 Å². The summed E-state index contributed by atoms with van der Waals surface area (Å²) in [6.45, 7) is 2.10. The molecular weight excluding hydrogens is 244 g/mol. The number of ether oxygens (including phenoxy) is 1. The highest BCUT2D eigenvalue weighted by Gasteiger charge is 2.10. The second-order valence-electron chi connectivity index (χ2n) is 3.42. The first-order valence-corrected chi connectivity index (χ1v) is 5.48. The number of pyridine rings is 1. The van der Waals surface area contributed by atoms with E-state index in [1.54, 1.807) is 19.3 Å². The monoisotopic (exact) mass is 258 g/mol. The molecule has 17 heavy (non-hydrogen) atoms. The van der Waals surface area contributed by atoms with Crippen LogP contribution in [0.4, 0.5) is 0 Å². The first kappa shape index (κ1) is 13.7. The third kappa shape index (κ3) is 3.87. The molecule has 0 aliphatic rings. The van der Waals surface area contributed by atoms with E-state index >= 15 is 0 Å². The number of halogens is 1. The molecule has 0 radical (unpaired) electrons. The van der Waals surface area contributed by atoms with Gasteiger partial charge in [-0.25, -0.2) is 10.0 Å². The van der Waals surface area contributed by atoms with Crippen LogP contribution in [-0.4, -0.2) is 36.7 Å². The molecule has 0 atom stereocenters. The van der Waals surface area contributed by atoms with Gasteiger partial charge < -0.3 is 4.74 Å². The van der Waals surface area contributed by atoms with Crippen molar-refractivity contribution < 1.29 is 14.4 Å². The third-order valence-corrected chi connectivity index (χ3v) is 2.51. The van der Waals surface area contributed by atoms with Gasteiger partial charge in [-0.05, 0) is 18.6 Å². The summed E-state index contributed by atoms with van der Waals surface area (Å²) < 4.78 is 5.44. The van der Waals surface area contributed by atoms with E-state index in [1.165, 1.54) is 7.11 Å². The van der Waals surface area contributed by atoms with Gasteiger partial charge in [0, 0.05) is 13.2 Å². The lowest BCUT2D eigenvalue weighted by molar-refractivity contribution is -0.169. The van der Waals surface area contributed by atoms with Crippen LogP contribution in [0.1, 0.15) is 12.0 Å². The van der Waals surface area contributed by atoms with Crippen LogP contribution < -0.4 is 4.74 Å². The molecule has 0 N–H and O–H groups in total. The highest BCUT2D eigenvalue weighted by molar-refractivity contribution is 6.30. The topological polar surface area (TPSA) is 51.7 Å². The van der Waals surface area contributed by atoms with Crippen molar-refractivity contribution in [2.45, 2.75) is 13.3 Å². The van der Waals surface area contributed by atoms with Crippen molar-refractivity contribution in [2.24, 2.45) is 0 Å². The molecule has 0 saturated carbocycles. The summed E-state index contributed by atoms with van der Waals surface area (Å²) >= 11 is 5.88. The Morgan fingerprint density at radius 2 is 2.29 bits per heavy atom. The average molecular weight is 259 g/mol. The van der Waals surface area contributed by atoms with Gasteiger partial charge in [-0.15, -0.1) is 0 Å². The van der Waals surface area contributed by atoms with Crippen molar-refractivity contribution in [3.8, 4) is 5.75 Å². The van der Waals surface area contributed by atoms with Crippen molar-refractivity contribution in [2.75, 3.05) is 20.8 Å². The van der Waals surface area contributed by atoms with Gasteiger partial charge >= 0.3 is 0 Å². The van der Waals surface area contributed by atoms with Crippen molar-refractivity contribution >= 4 is 17.5 Å². The van der Waals surface area contributed by atoms with E-state index in [0.29, 0.717) is 10.9 Å². The smallest absolute Gasteiger partial charge is 0.249 e.